The van der Waals surface area contributed by atoms with Gasteiger partial charge in [-0.25, -0.2) is 8.78 Å². The fourth-order valence-corrected chi connectivity index (χ4v) is 5.07. The minimum atomic E-state index is -0.876. The van der Waals surface area contributed by atoms with Crippen molar-refractivity contribution in [1.82, 2.24) is 15.2 Å². The van der Waals surface area contributed by atoms with Crippen molar-refractivity contribution in [2.75, 3.05) is 26.3 Å². The summed E-state index contributed by atoms with van der Waals surface area (Å²) in [4.78, 5) is 18.2. The summed E-state index contributed by atoms with van der Waals surface area (Å²) in [6.07, 6.45) is 0.299. The Morgan fingerprint density at radius 1 is 1.19 bits per heavy atom. The zero-order chi connectivity index (χ0) is 21.6. The van der Waals surface area contributed by atoms with E-state index in [0.717, 1.165) is 17.3 Å². The monoisotopic (exact) mass is 425 g/mol. The molecule has 0 aliphatic carbocycles. The highest BCUT2D eigenvalue weighted by Crippen LogP contribution is 2.39. The van der Waals surface area contributed by atoms with Gasteiger partial charge in [-0.3, -0.25) is 9.69 Å². The lowest BCUT2D eigenvalue weighted by Crippen LogP contribution is -2.55. The molecule has 2 saturated heterocycles. The zero-order valence-corrected chi connectivity index (χ0v) is 17.4. The topological polar surface area (TPSA) is 57.4 Å². The Labute approximate surface area is 179 Å². The van der Waals surface area contributed by atoms with Crippen LogP contribution in [-0.4, -0.2) is 47.6 Å². The van der Waals surface area contributed by atoms with Crippen molar-refractivity contribution >= 4 is 16.8 Å². The van der Waals surface area contributed by atoms with Crippen LogP contribution in [0.1, 0.15) is 29.2 Å². The van der Waals surface area contributed by atoms with Gasteiger partial charge in [-0.1, -0.05) is 24.3 Å². The lowest BCUT2D eigenvalue weighted by atomic mass is 9.82. The van der Waals surface area contributed by atoms with Crippen LogP contribution in [0.5, 0.6) is 0 Å². The first-order valence-corrected chi connectivity index (χ1v) is 10.6. The van der Waals surface area contributed by atoms with Crippen LogP contribution in [0, 0.1) is 18.6 Å². The number of para-hydroxylation sites is 1. The number of benzene rings is 2. The maximum Gasteiger partial charge on any atom is 0.222 e. The van der Waals surface area contributed by atoms with Crippen LogP contribution < -0.4 is 5.32 Å². The van der Waals surface area contributed by atoms with E-state index in [9.17, 15) is 13.6 Å². The predicted molar refractivity (Wildman–Crippen MR) is 114 cm³/mol. The maximum absolute atomic E-state index is 14.0. The van der Waals surface area contributed by atoms with Crippen LogP contribution in [0.15, 0.2) is 42.5 Å². The Kier molecular flexibility index (Phi) is 5.02. The standard InChI is InChI=1S/C24H25F2N3O2/c1-15-17-4-2-3-5-21(17)27-22(15)12-29-11-18(16-6-7-19(25)20(26)10-16)24(13-29)14-31-9-8-23(30)28-24/h2-7,10,18,27H,8-9,11-14H2,1H3,(H,28,30)/t18-,24-/m0/s1. The zero-order valence-electron chi connectivity index (χ0n) is 17.4. The van der Waals surface area contributed by atoms with E-state index < -0.39 is 17.2 Å². The number of halogens is 2. The molecule has 3 heterocycles. The number of nitrogens with zero attached hydrogens (tertiary/aromatic N) is 1. The second-order valence-corrected chi connectivity index (χ2v) is 8.68. The molecule has 0 unspecified atom stereocenters. The van der Waals surface area contributed by atoms with Crippen molar-refractivity contribution in [1.29, 1.82) is 0 Å². The number of H-pyrrole nitrogens is 1. The Morgan fingerprint density at radius 3 is 2.84 bits per heavy atom. The first kappa shape index (κ1) is 20.2. The molecule has 2 aliphatic heterocycles. The van der Waals surface area contributed by atoms with E-state index in [0.29, 0.717) is 44.8 Å². The number of rotatable bonds is 3. The number of carbonyl (C=O) groups is 1. The Hall–Kier alpha value is -2.77. The summed E-state index contributed by atoms with van der Waals surface area (Å²) in [5.74, 6) is -2.04. The highest BCUT2D eigenvalue weighted by molar-refractivity contribution is 5.84. The minimum absolute atomic E-state index is 0.0753. The van der Waals surface area contributed by atoms with Crippen LogP contribution in [0.4, 0.5) is 8.78 Å². The van der Waals surface area contributed by atoms with Gasteiger partial charge in [0.15, 0.2) is 11.6 Å². The summed E-state index contributed by atoms with van der Waals surface area (Å²) in [7, 11) is 0. The first-order chi connectivity index (χ1) is 14.9. The summed E-state index contributed by atoms with van der Waals surface area (Å²) in [6, 6.07) is 12.2. The molecule has 162 valence electrons. The Bertz CT molecular complexity index is 1150. The van der Waals surface area contributed by atoms with Crippen molar-refractivity contribution in [3.8, 4) is 0 Å². The number of fused-ring (bicyclic) bond motifs is 1. The molecule has 2 atom stereocenters. The van der Waals surface area contributed by atoms with Gasteiger partial charge < -0.3 is 15.0 Å². The summed E-state index contributed by atoms with van der Waals surface area (Å²) < 4.78 is 33.4. The van der Waals surface area contributed by atoms with E-state index in [-0.39, 0.29) is 11.8 Å². The molecule has 2 aromatic carbocycles. The van der Waals surface area contributed by atoms with Crippen molar-refractivity contribution in [2.24, 2.45) is 0 Å². The van der Waals surface area contributed by atoms with Gasteiger partial charge in [0.2, 0.25) is 5.91 Å². The Balaban J connectivity index is 1.49. The molecule has 1 aromatic heterocycles. The third-order valence-corrected chi connectivity index (χ3v) is 6.63. The fourth-order valence-electron chi connectivity index (χ4n) is 5.07. The first-order valence-electron chi connectivity index (χ1n) is 10.6. The molecular weight excluding hydrogens is 400 g/mol. The molecule has 5 nitrogen and oxygen atoms in total. The average molecular weight is 425 g/mol. The third kappa shape index (κ3) is 3.62. The van der Waals surface area contributed by atoms with Crippen molar-refractivity contribution < 1.29 is 18.3 Å². The van der Waals surface area contributed by atoms with Crippen molar-refractivity contribution in [3.63, 3.8) is 0 Å². The molecule has 2 fully saturated rings. The van der Waals surface area contributed by atoms with Crippen LogP contribution in [0.25, 0.3) is 10.9 Å². The number of nitrogens with one attached hydrogen (secondary N) is 2. The third-order valence-electron chi connectivity index (χ3n) is 6.63. The number of aromatic amines is 1. The van der Waals surface area contributed by atoms with Gasteiger partial charge in [-0.2, -0.15) is 0 Å². The fraction of sp³-hybridized carbons (Fsp3) is 0.375. The number of hydrogen-bond donors (Lipinski definition) is 2. The minimum Gasteiger partial charge on any atom is -0.378 e. The van der Waals surface area contributed by atoms with Gasteiger partial charge in [-0.15, -0.1) is 0 Å². The van der Waals surface area contributed by atoms with Gasteiger partial charge in [0.25, 0.3) is 0 Å². The molecule has 2 N–H and O–H groups in total. The molecule has 31 heavy (non-hydrogen) atoms. The van der Waals surface area contributed by atoms with Gasteiger partial charge in [0, 0.05) is 48.6 Å². The van der Waals surface area contributed by atoms with Crippen molar-refractivity contribution in [2.45, 2.75) is 31.3 Å². The molecule has 0 bridgehead atoms. The Morgan fingerprint density at radius 2 is 2.03 bits per heavy atom. The summed E-state index contributed by atoms with van der Waals surface area (Å²) in [6.45, 7) is 4.63. The van der Waals surface area contributed by atoms with Gasteiger partial charge in [0.05, 0.1) is 18.8 Å². The summed E-state index contributed by atoms with van der Waals surface area (Å²) in [5.41, 5.74) is 3.38. The molecule has 0 radical (unpaired) electrons. The van der Waals surface area contributed by atoms with Gasteiger partial charge in [0.1, 0.15) is 0 Å². The number of carbonyl (C=O) groups excluding carboxylic acids is 1. The van der Waals surface area contributed by atoms with Crippen LogP contribution in [0.3, 0.4) is 0 Å². The molecule has 2 aliphatic rings. The molecule has 3 aromatic rings. The number of likely N-dealkylation sites (tertiary alicyclic amines) is 1. The second-order valence-electron chi connectivity index (χ2n) is 8.68. The number of amides is 1. The van der Waals surface area contributed by atoms with Gasteiger partial charge >= 0.3 is 0 Å². The summed E-state index contributed by atoms with van der Waals surface area (Å²) in [5, 5.41) is 4.35. The smallest absolute Gasteiger partial charge is 0.222 e. The van der Waals surface area contributed by atoms with E-state index in [1.807, 2.05) is 12.1 Å². The molecular formula is C24H25F2N3O2. The highest BCUT2D eigenvalue weighted by atomic mass is 19.2. The quantitative estimate of drug-likeness (QED) is 0.674. The van der Waals surface area contributed by atoms with Crippen LogP contribution in [0.2, 0.25) is 0 Å². The lowest BCUT2D eigenvalue weighted by molar-refractivity contribution is -0.122. The highest BCUT2D eigenvalue weighted by Gasteiger charge is 2.49. The summed E-state index contributed by atoms with van der Waals surface area (Å²) >= 11 is 0. The van der Waals surface area contributed by atoms with E-state index >= 15 is 0 Å². The molecule has 5 rings (SSSR count). The molecule has 7 heteroatoms. The predicted octanol–water partition coefficient (Wildman–Crippen LogP) is 3.63. The number of hydrogen-bond acceptors (Lipinski definition) is 3. The van der Waals surface area contributed by atoms with Crippen molar-refractivity contribution in [3.05, 3.63) is 70.9 Å². The number of ether oxygens (including phenoxy) is 1. The van der Waals surface area contributed by atoms with E-state index in [1.54, 1.807) is 6.07 Å². The van der Waals surface area contributed by atoms with Crippen LogP contribution >= 0.6 is 0 Å². The lowest BCUT2D eigenvalue weighted by Gasteiger charge is -2.34. The maximum atomic E-state index is 14.0. The normalized spacial score (nSPS) is 24.6. The van der Waals surface area contributed by atoms with Gasteiger partial charge in [-0.05, 0) is 36.2 Å². The second kappa shape index (κ2) is 7.73. The number of aromatic nitrogens is 1. The molecule has 0 saturated carbocycles. The largest absolute Gasteiger partial charge is 0.378 e. The van der Waals surface area contributed by atoms with Crippen LogP contribution in [-0.2, 0) is 16.1 Å². The molecule has 1 spiro atoms. The van der Waals surface area contributed by atoms with E-state index in [4.69, 9.17) is 4.74 Å². The van der Waals surface area contributed by atoms with E-state index in [1.165, 1.54) is 17.0 Å². The average Bonchev–Trinajstić information content (AvgIpc) is 3.18. The SMILES string of the molecule is Cc1c(CN2C[C@@H](c3ccc(F)c(F)c3)[C@@]3(COCCC(=O)N3)C2)[nH]c2ccccc12. The number of aryl methyl sites for hydroxylation is 1. The molecule has 1 amide bonds. The van der Waals surface area contributed by atoms with E-state index in [2.05, 4.69) is 34.3 Å².